The van der Waals surface area contributed by atoms with Gasteiger partial charge in [-0.25, -0.2) is 0 Å². The van der Waals surface area contributed by atoms with Gasteiger partial charge in [-0.2, -0.15) is 0 Å². The van der Waals surface area contributed by atoms with Crippen LogP contribution in [0.4, 0.5) is 0 Å². The summed E-state index contributed by atoms with van der Waals surface area (Å²) < 4.78 is 5.28. The first kappa shape index (κ1) is 9.28. The van der Waals surface area contributed by atoms with Gasteiger partial charge in [-0.3, -0.25) is 0 Å². The number of rotatable bonds is 3. The second-order valence-corrected chi connectivity index (χ2v) is 3.83. The Balaban J connectivity index is 2.17. The molecule has 0 amide bonds. The quantitative estimate of drug-likeness (QED) is 0.803. The first-order valence-electron chi connectivity index (χ1n) is 4.95. The number of fused-ring (bicyclic) bond motifs is 1. The van der Waals surface area contributed by atoms with E-state index in [-0.39, 0.29) is 0 Å². The van der Waals surface area contributed by atoms with Crippen molar-refractivity contribution in [3.8, 4) is 0 Å². The Kier molecular flexibility index (Phi) is 2.55. The molecule has 0 radical (unpaired) electrons. The first-order valence-corrected chi connectivity index (χ1v) is 4.95. The maximum absolute atomic E-state index is 5.28. The number of benzene rings is 1. The topological polar surface area (TPSA) is 25.2 Å². The van der Waals surface area contributed by atoms with Crippen LogP contribution in [0.1, 0.15) is 19.4 Å². The lowest BCUT2D eigenvalue weighted by molar-refractivity contribution is 0.588. The molecule has 0 aliphatic rings. The van der Waals surface area contributed by atoms with Crippen molar-refractivity contribution in [1.29, 1.82) is 0 Å². The second kappa shape index (κ2) is 3.84. The lowest BCUT2D eigenvalue weighted by atomic mass is 10.1. The Morgan fingerprint density at radius 2 is 2.14 bits per heavy atom. The van der Waals surface area contributed by atoms with E-state index in [1.807, 2.05) is 12.1 Å². The van der Waals surface area contributed by atoms with Crippen molar-refractivity contribution in [3.05, 3.63) is 36.1 Å². The zero-order chi connectivity index (χ0) is 9.97. The third-order valence-electron chi connectivity index (χ3n) is 2.23. The standard InChI is InChI=1S/C12H15NO/c1-9(2)13-8-10-3-4-12-11(7-10)5-6-14-12/h3-7,9,13H,8H2,1-2H3. The molecule has 2 rings (SSSR count). The van der Waals surface area contributed by atoms with Crippen LogP contribution in [0.15, 0.2) is 34.9 Å². The monoisotopic (exact) mass is 189 g/mol. The molecule has 74 valence electrons. The molecule has 0 atom stereocenters. The molecule has 0 aliphatic heterocycles. The molecule has 0 unspecified atom stereocenters. The summed E-state index contributed by atoms with van der Waals surface area (Å²) in [4.78, 5) is 0. The predicted molar refractivity (Wildman–Crippen MR) is 58.2 cm³/mol. The highest BCUT2D eigenvalue weighted by Crippen LogP contribution is 2.16. The van der Waals surface area contributed by atoms with E-state index in [1.165, 1.54) is 10.9 Å². The molecule has 1 N–H and O–H groups in total. The fourth-order valence-corrected chi connectivity index (χ4v) is 1.45. The lowest BCUT2D eigenvalue weighted by Gasteiger charge is -2.07. The second-order valence-electron chi connectivity index (χ2n) is 3.83. The summed E-state index contributed by atoms with van der Waals surface area (Å²) in [6.07, 6.45) is 1.73. The molecule has 0 saturated heterocycles. The molecule has 2 heteroatoms. The van der Waals surface area contributed by atoms with Gasteiger partial charge in [0, 0.05) is 18.0 Å². The van der Waals surface area contributed by atoms with E-state index >= 15 is 0 Å². The van der Waals surface area contributed by atoms with Crippen LogP contribution in [0.5, 0.6) is 0 Å². The third-order valence-corrected chi connectivity index (χ3v) is 2.23. The average Bonchev–Trinajstić information content (AvgIpc) is 2.61. The van der Waals surface area contributed by atoms with E-state index in [4.69, 9.17) is 4.42 Å². The number of hydrogen-bond donors (Lipinski definition) is 1. The summed E-state index contributed by atoms with van der Waals surface area (Å²) in [6, 6.07) is 8.80. The minimum Gasteiger partial charge on any atom is -0.464 e. The van der Waals surface area contributed by atoms with Crippen LogP contribution in [0.2, 0.25) is 0 Å². The summed E-state index contributed by atoms with van der Waals surface area (Å²) in [5, 5.41) is 4.56. The molecule has 2 nitrogen and oxygen atoms in total. The van der Waals surface area contributed by atoms with Crippen LogP contribution in [0.25, 0.3) is 11.0 Å². The number of furan rings is 1. The molecule has 0 spiro atoms. The largest absolute Gasteiger partial charge is 0.464 e. The van der Waals surface area contributed by atoms with Crippen molar-refractivity contribution < 1.29 is 4.42 Å². The van der Waals surface area contributed by atoms with Crippen LogP contribution in [-0.2, 0) is 6.54 Å². The molecule has 1 aromatic heterocycles. The molecule has 0 saturated carbocycles. The van der Waals surface area contributed by atoms with Crippen LogP contribution in [-0.4, -0.2) is 6.04 Å². The van der Waals surface area contributed by atoms with Gasteiger partial charge in [-0.1, -0.05) is 19.9 Å². The van der Waals surface area contributed by atoms with Crippen molar-refractivity contribution in [2.45, 2.75) is 26.4 Å². The summed E-state index contributed by atoms with van der Waals surface area (Å²) in [7, 11) is 0. The van der Waals surface area contributed by atoms with Crippen molar-refractivity contribution >= 4 is 11.0 Å². The fourth-order valence-electron chi connectivity index (χ4n) is 1.45. The number of nitrogens with one attached hydrogen (secondary N) is 1. The van der Waals surface area contributed by atoms with Gasteiger partial charge in [0.05, 0.1) is 6.26 Å². The van der Waals surface area contributed by atoms with Gasteiger partial charge in [0.2, 0.25) is 0 Å². The maximum atomic E-state index is 5.28. The van der Waals surface area contributed by atoms with Crippen molar-refractivity contribution in [2.24, 2.45) is 0 Å². The molecule has 14 heavy (non-hydrogen) atoms. The van der Waals surface area contributed by atoms with Gasteiger partial charge < -0.3 is 9.73 Å². The molecule has 1 heterocycles. The predicted octanol–water partition coefficient (Wildman–Crippen LogP) is 2.93. The van der Waals surface area contributed by atoms with Crippen molar-refractivity contribution in [3.63, 3.8) is 0 Å². The zero-order valence-corrected chi connectivity index (χ0v) is 8.58. The average molecular weight is 189 g/mol. The van der Waals surface area contributed by atoms with E-state index in [1.54, 1.807) is 6.26 Å². The fraction of sp³-hybridized carbons (Fsp3) is 0.333. The van der Waals surface area contributed by atoms with E-state index in [2.05, 4.69) is 31.3 Å². The van der Waals surface area contributed by atoms with Gasteiger partial charge in [0.1, 0.15) is 5.58 Å². The van der Waals surface area contributed by atoms with Crippen molar-refractivity contribution in [1.82, 2.24) is 5.32 Å². The van der Waals surface area contributed by atoms with E-state index in [0.717, 1.165) is 12.1 Å². The summed E-state index contributed by atoms with van der Waals surface area (Å²) in [5.74, 6) is 0. The Bertz CT molecular complexity index is 417. The van der Waals surface area contributed by atoms with Crippen LogP contribution < -0.4 is 5.32 Å². The van der Waals surface area contributed by atoms with Crippen molar-refractivity contribution in [2.75, 3.05) is 0 Å². The molecule has 0 aliphatic carbocycles. The first-order chi connectivity index (χ1) is 6.75. The molecular formula is C12H15NO. The lowest BCUT2D eigenvalue weighted by Crippen LogP contribution is -2.21. The highest BCUT2D eigenvalue weighted by molar-refractivity contribution is 5.77. The van der Waals surface area contributed by atoms with Gasteiger partial charge in [0.15, 0.2) is 0 Å². The highest BCUT2D eigenvalue weighted by Gasteiger charge is 1.99. The molecule has 0 bridgehead atoms. The molecular weight excluding hydrogens is 174 g/mol. The Hall–Kier alpha value is -1.28. The minimum absolute atomic E-state index is 0.523. The summed E-state index contributed by atoms with van der Waals surface area (Å²) in [5.41, 5.74) is 2.26. The summed E-state index contributed by atoms with van der Waals surface area (Å²) >= 11 is 0. The van der Waals surface area contributed by atoms with Crippen LogP contribution in [0.3, 0.4) is 0 Å². The van der Waals surface area contributed by atoms with E-state index < -0.39 is 0 Å². The maximum Gasteiger partial charge on any atom is 0.133 e. The molecule has 2 aromatic rings. The Morgan fingerprint density at radius 1 is 1.29 bits per heavy atom. The third kappa shape index (κ3) is 1.96. The SMILES string of the molecule is CC(C)NCc1ccc2occc2c1. The summed E-state index contributed by atoms with van der Waals surface area (Å²) in [6.45, 7) is 5.21. The van der Waals surface area contributed by atoms with Gasteiger partial charge in [0.25, 0.3) is 0 Å². The molecule has 0 fully saturated rings. The van der Waals surface area contributed by atoms with Gasteiger partial charge in [-0.05, 0) is 23.8 Å². The minimum atomic E-state index is 0.523. The van der Waals surface area contributed by atoms with E-state index in [9.17, 15) is 0 Å². The normalized spacial score (nSPS) is 11.4. The number of hydrogen-bond acceptors (Lipinski definition) is 2. The smallest absolute Gasteiger partial charge is 0.133 e. The highest BCUT2D eigenvalue weighted by atomic mass is 16.3. The van der Waals surface area contributed by atoms with Crippen LogP contribution >= 0.6 is 0 Å². The Labute approximate surface area is 83.9 Å². The van der Waals surface area contributed by atoms with Crippen LogP contribution in [0, 0.1) is 0 Å². The molecule has 1 aromatic carbocycles. The Morgan fingerprint density at radius 3 is 2.93 bits per heavy atom. The van der Waals surface area contributed by atoms with Gasteiger partial charge in [-0.15, -0.1) is 0 Å². The van der Waals surface area contributed by atoms with Gasteiger partial charge >= 0.3 is 0 Å². The van der Waals surface area contributed by atoms with E-state index in [0.29, 0.717) is 6.04 Å². The zero-order valence-electron chi connectivity index (χ0n) is 8.58.